The Kier molecular flexibility index (Phi) is 3.67. The van der Waals surface area contributed by atoms with Crippen molar-refractivity contribution in [2.75, 3.05) is 13.1 Å². The number of carbonyl (C=O) groups excluding carboxylic acids is 1. The van der Waals surface area contributed by atoms with Crippen LogP contribution in [0.25, 0.3) is 0 Å². The number of hydrogen-bond donors (Lipinski definition) is 1. The zero-order valence-electron chi connectivity index (χ0n) is 13.6. The Hall–Kier alpha value is -2.90. The summed E-state index contributed by atoms with van der Waals surface area (Å²) in [5, 5.41) is 16.3. The number of aliphatic carboxylic acids is 1. The second-order valence-electron chi connectivity index (χ2n) is 6.56. The van der Waals surface area contributed by atoms with Gasteiger partial charge in [0.25, 0.3) is 5.91 Å². The third-order valence-corrected chi connectivity index (χ3v) is 4.81. The number of amides is 1. The van der Waals surface area contributed by atoms with Gasteiger partial charge in [0.05, 0.1) is 12.7 Å². The van der Waals surface area contributed by atoms with Crippen LogP contribution in [-0.2, 0) is 17.8 Å². The fourth-order valence-corrected chi connectivity index (χ4v) is 3.54. The van der Waals surface area contributed by atoms with Gasteiger partial charge in [-0.2, -0.15) is 0 Å². The number of carboxylic acid groups (broad SMARTS) is 1. The molecule has 1 saturated heterocycles. The molecule has 0 radical (unpaired) electrons. The van der Waals surface area contributed by atoms with Crippen molar-refractivity contribution in [1.82, 2.24) is 19.9 Å². The minimum absolute atomic E-state index is 0.162. The number of para-hydroxylation sites is 1. The first-order chi connectivity index (χ1) is 12.0. The SMILES string of the molecule is O=C(O)Cn1cc(C(=O)N2CCC3(CCc4ccccc4O3)C2)nn1. The van der Waals surface area contributed by atoms with Crippen molar-refractivity contribution in [3.63, 3.8) is 0 Å². The summed E-state index contributed by atoms with van der Waals surface area (Å²) in [6.45, 7) is 0.781. The molecule has 1 aromatic heterocycles. The lowest BCUT2D eigenvalue weighted by molar-refractivity contribution is -0.137. The highest BCUT2D eigenvalue weighted by Gasteiger charge is 2.44. The Morgan fingerprint density at radius 2 is 2.12 bits per heavy atom. The average Bonchev–Trinajstić information content (AvgIpc) is 3.21. The smallest absolute Gasteiger partial charge is 0.325 e. The molecule has 1 amide bonds. The van der Waals surface area contributed by atoms with Crippen molar-refractivity contribution in [3.8, 4) is 5.75 Å². The summed E-state index contributed by atoms with van der Waals surface area (Å²) >= 11 is 0. The molecule has 1 unspecified atom stereocenters. The third kappa shape index (κ3) is 2.95. The van der Waals surface area contributed by atoms with Gasteiger partial charge in [0.2, 0.25) is 0 Å². The van der Waals surface area contributed by atoms with E-state index in [2.05, 4.69) is 16.4 Å². The number of carbonyl (C=O) groups is 2. The van der Waals surface area contributed by atoms with E-state index in [0.29, 0.717) is 13.1 Å². The molecule has 25 heavy (non-hydrogen) atoms. The Balaban J connectivity index is 1.46. The van der Waals surface area contributed by atoms with E-state index in [0.717, 1.165) is 29.7 Å². The molecule has 0 bridgehead atoms. The molecule has 2 aromatic rings. The van der Waals surface area contributed by atoms with E-state index in [1.54, 1.807) is 4.90 Å². The van der Waals surface area contributed by atoms with Crippen molar-refractivity contribution in [2.45, 2.75) is 31.4 Å². The van der Waals surface area contributed by atoms with Crippen LogP contribution in [0.3, 0.4) is 0 Å². The van der Waals surface area contributed by atoms with Gasteiger partial charge < -0.3 is 14.7 Å². The first-order valence-electron chi connectivity index (χ1n) is 8.23. The molecule has 1 spiro atoms. The number of fused-ring (bicyclic) bond motifs is 1. The molecule has 0 saturated carbocycles. The number of aryl methyl sites for hydroxylation is 1. The van der Waals surface area contributed by atoms with Gasteiger partial charge in [-0.3, -0.25) is 9.59 Å². The van der Waals surface area contributed by atoms with Crippen LogP contribution in [0.4, 0.5) is 0 Å². The standard InChI is InChI=1S/C17H18N4O4/c22-15(23)10-21-9-13(18-19-21)16(24)20-8-7-17(11-20)6-5-12-3-1-2-4-14(12)25-17/h1-4,9H,5-8,10-11H2,(H,22,23). The lowest BCUT2D eigenvalue weighted by atomic mass is 9.90. The highest BCUT2D eigenvalue weighted by atomic mass is 16.5. The van der Waals surface area contributed by atoms with Crippen LogP contribution in [0.1, 0.15) is 28.9 Å². The predicted octanol–water partition coefficient (Wildman–Crippen LogP) is 0.973. The molecule has 2 aliphatic rings. The Morgan fingerprint density at radius 1 is 1.28 bits per heavy atom. The second kappa shape index (κ2) is 5.87. The minimum Gasteiger partial charge on any atom is -0.485 e. The van der Waals surface area contributed by atoms with Crippen LogP contribution in [0, 0.1) is 0 Å². The van der Waals surface area contributed by atoms with Crippen LogP contribution < -0.4 is 4.74 Å². The van der Waals surface area contributed by atoms with Crippen molar-refractivity contribution in [2.24, 2.45) is 0 Å². The maximum Gasteiger partial charge on any atom is 0.325 e. The predicted molar refractivity (Wildman–Crippen MR) is 86.3 cm³/mol. The van der Waals surface area contributed by atoms with Crippen LogP contribution in [0.5, 0.6) is 5.75 Å². The van der Waals surface area contributed by atoms with Gasteiger partial charge in [-0.1, -0.05) is 23.4 Å². The first kappa shape index (κ1) is 15.6. The maximum absolute atomic E-state index is 12.6. The first-order valence-corrected chi connectivity index (χ1v) is 8.23. The molecule has 3 heterocycles. The summed E-state index contributed by atoms with van der Waals surface area (Å²) in [6.07, 6.45) is 3.96. The van der Waals surface area contributed by atoms with Crippen molar-refractivity contribution >= 4 is 11.9 Å². The van der Waals surface area contributed by atoms with Crippen molar-refractivity contribution in [3.05, 3.63) is 41.7 Å². The molecule has 8 heteroatoms. The van der Waals surface area contributed by atoms with Crippen LogP contribution in [0.15, 0.2) is 30.5 Å². The number of aromatic nitrogens is 3. The van der Waals surface area contributed by atoms with Gasteiger partial charge in [0.15, 0.2) is 5.69 Å². The number of rotatable bonds is 3. The largest absolute Gasteiger partial charge is 0.485 e. The number of benzene rings is 1. The van der Waals surface area contributed by atoms with Crippen LogP contribution >= 0.6 is 0 Å². The summed E-state index contributed by atoms with van der Waals surface area (Å²) in [7, 11) is 0. The van der Waals surface area contributed by atoms with Gasteiger partial charge >= 0.3 is 5.97 Å². The van der Waals surface area contributed by atoms with Gasteiger partial charge in [-0.05, 0) is 24.5 Å². The number of hydrogen-bond acceptors (Lipinski definition) is 5. The molecule has 4 rings (SSSR count). The molecular weight excluding hydrogens is 324 g/mol. The molecule has 2 aliphatic heterocycles. The second-order valence-corrected chi connectivity index (χ2v) is 6.56. The van der Waals surface area contributed by atoms with Gasteiger partial charge in [-0.15, -0.1) is 5.10 Å². The van der Waals surface area contributed by atoms with E-state index < -0.39 is 5.97 Å². The average molecular weight is 342 g/mol. The molecule has 1 fully saturated rings. The molecule has 8 nitrogen and oxygen atoms in total. The van der Waals surface area contributed by atoms with E-state index in [9.17, 15) is 9.59 Å². The van der Waals surface area contributed by atoms with E-state index in [1.807, 2.05) is 18.2 Å². The summed E-state index contributed by atoms with van der Waals surface area (Å²) < 4.78 is 7.39. The monoisotopic (exact) mass is 342 g/mol. The lowest BCUT2D eigenvalue weighted by Gasteiger charge is -2.35. The maximum atomic E-state index is 12.6. The highest BCUT2D eigenvalue weighted by molar-refractivity contribution is 5.92. The number of nitrogens with zero attached hydrogens (tertiary/aromatic N) is 4. The molecule has 1 atom stereocenters. The Morgan fingerprint density at radius 3 is 2.96 bits per heavy atom. The van der Waals surface area contributed by atoms with Crippen molar-refractivity contribution < 1.29 is 19.4 Å². The summed E-state index contributed by atoms with van der Waals surface area (Å²) in [4.78, 5) is 25.0. The minimum atomic E-state index is -1.03. The van der Waals surface area contributed by atoms with Crippen molar-refractivity contribution in [1.29, 1.82) is 0 Å². The zero-order valence-corrected chi connectivity index (χ0v) is 13.6. The van der Waals surface area contributed by atoms with Crippen LogP contribution in [-0.4, -0.2) is 55.6 Å². The van der Waals surface area contributed by atoms with Crippen LogP contribution in [0.2, 0.25) is 0 Å². The number of carboxylic acids is 1. The summed E-state index contributed by atoms with van der Waals surface area (Å²) in [5.41, 5.74) is 1.02. The Bertz CT molecular complexity index is 834. The van der Waals surface area contributed by atoms with Gasteiger partial charge in [0, 0.05) is 13.0 Å². The lowest BCUT2D eigenvalue weighted by Crippen LogP contribution is -2.43. The summed E-state index contributed by atoms with van der Waals surface area (Å²) in [5.74, 6) is -0.371. The molecule has 130 valence electrons. The summed E-state index contributed by atoms with van der Waals surface area (Å²) in [6, 6.07) is 8.00. The molecule has 1 aromatic carbocycles. The molecule has 1 N–H and O–H groups in total. The number of ether oxygens (including phenoxy) is 1. The fraction of sp³-hybridized carbons (Fsp3) is 0.412. The van der Waals surface area contributed by atoms with E-state index in [4.69, 9.17) is 9.84 Å². The third-order valence-electron chi connectivity index (χ3n) is 4.81. The normalized spacial score (nSPS) is 21.8. The van der Waals surface area contributed by atoms with Gasteiger partial charge in [0.1, 0.15) is 17.9 Å². The quantitative estimate of drug-likeness (QED) is 0.893. The topological polar surface area (TPSA) is 97.5 Å². The molecular formula is C17H18N4O4. The highest BCUT2D eigenvalue weighted by Crippen LogP contribution is 2.38. The van der Waals surface area contributed by atoms with E-state index in [1.165, 1.54) is 11.8 Å². The molecule has 0 aliphatic carbocycles. The Labute approximate surface area is 144 Å². The van der Waals surface area contributed by atoms with Gasteiger partial charge in [-0.25, -0.2) is 4.68 Å². The van der Waals surface area contributed by atoms with E-state index in [-0.39, 0.29) is 23.7 Å². The number of likely N-dealkylation sites (tertiary alicyclic amines) is 1. The van der Waals surface area contributed by atoms with E-state index >= 15 is 0 Å². The fourth-order valence-electron chi connectivity index (χ4n) is 3.54. The zero-order chi connectivity index (χ0) is 17.4.